The predicted octanol–water partition coefficient (Wildman–Crippen LogP) is 2.12. The number of tetrazole rings is 1. The van der Waals surface area contributed by atoms with Crippen molar-refractivity contribution < 1.29 is 4.79 Å². The highest BCUT2D eigenvalue weighted by molar-refractivity contribution is 8.00. The first-order valence-electron chi connectivity index (χ1n) is 6.40. The van der Waals surface area contributed by atoms with E-state index in [0.29, 0.717) is 11.7 Å². The average Bonchev–Trinajstić information content (AvgIpc) is 2.85. The molecule has 0 fully saturated rings. The zero-order valence-electron chi connectivity index (χ0n) is 11.7. The Kier molecular flexibility index (Phi) is 4.73. The molecule has 0 aliphatic carbocycles. The Balaban J connectivity index is 1.99. The molecule has 2 aromatic rings. The third kappa shape index (κ3) is 3.57. The third-order valence-electron chi connectivity index (χ3n) is 2.74. The number of aryl methyl sites for hydroxylation is 2. The number of nitrogens with zero attached hydrogens (tertiary/aromatic N) is 4. The van der Waals surface area contributed by atoms with Gasteiger partial charge < -0.3 is 5.32 Å². The van der Waals surface area contributed by atoms with E-state index in [-0.39, 0.29) is 11.2 Å². The fourth-order valence-corrected chi connectivity index (χ4v) is 2.51. The minimum atomic E-state index is -0.271. The molecule has 7 heteroatoms. The van der Waals surface area contributed by atoms with Crippen LogP contribution < -0.4 is 5.32 Å². The first-order chi connectivity index (χ1) is 9.60. The van der Waals surface area contributed by atoms with Gasteiger partial charge in [0.05, 0.1) is 5.25 Å². The van der Waals surface area contributed by atoms with E-state index in [1.807, 2.05) is 45.0 Å². The molecule has 2 rings (SSSR count). The van der Waals surface area contributed by atoms with Crippen LogP contribution in [0.15, 0.2) is 29.4 Å². The fraction of sp³-hybridized carbons (Fsp3) is 0.385. The summed E-state index contributed by atoms with van der Waals surface area (Å²) in [5.41, 5.74) is 1.91. The van der Waals surface area contributed by atoms with Gasteiger partial charge in [0.25, 0.3) is 0 Å². The van der Waals surface area contributed by atoms with Crippen LogP contribution >= 0.6 is 11.8 Å². The molecular weight excluding hydrogens is 274 g/mol. The van der Waals surface area contributed by atoms with E-state index >= 15 is 0 Å². The van der Waals surface area contributed by atoms with Crippen molar-refractivity contribution in [2.24, 2.45) is 0 Å². The fourth-order valence-electron chi connectivity index (χ4n) is 1.66. The summed E-state index contributed by atoms with van der Waals surface area (Å²) in [6.45, 7) is 6.47. The molecule has 1 heterocycles. The maximum atomic E-state index is 12.1. The van der Waals surface area contributed by atoms with Gasteiger partial charge in [-0.1, -0.05) is 23.9 Å². The highest BCUT2D eigenvalue weighted by atomic mass is 32.2. The molecule has 0 saturated heterocycles. The normalized spacial score (nSPS) is 12.2. The maximum absolute atomic E-state index is 12.1. The third-order valence-corrected chi connectivity index (χ3v) is 3.81. The van der Waals surface area contributed by atoms with Crippen LogP contribution in [-0.4, -0.2) is 31.4 Å². The van der Waals surface area contributed by atoms with Crippen LogP contribution in [0.3, 0.4) is 0 Å². The smallest absolute Gasteiger partial charge is 0.237 e. The van der Waals surface area contributed by atoms with Gasteiger partial charge >= 0.3 is 0 Å². The average molecular weight is 291 g/mol. The van der Waals surface area contributed by atoms with Gasteiger partial charge in [-0.05, 0) is 48.9 Å². The van der Waals surface area contributed by atoms with E-state index in [1.165, 1.54) is 11.8 Å². The lowest BCUT2D eigenvalue weighted by Gasteiger charge is -2.11. The van der Waals surface area contributed by atoms with Crippen LogP contribution in [0.5, 0.6) is 0 Å². The Labute approximate surface area is 121 Å². The van der Waals surface area contributed by atoms with E-state index in [9.17, 15) is 4.79 Å². The molecule has 1 N–H and O–H groups in total. The Bertz CT molecular complexity index is 598. The molecule has 1 amide bonds. The van der Waals surface area contributed by atoms with Crippen LogP contribution in [0.2, 0.25) is 0 Å². The summed E-state index contributed by atoms with van der Waals surface area (Å²) in [6, 6.07) is 7.72. The Hall–Kier alpha value is -1.89. The number of aromatic nitrogens is 4. The van der Waals surface area contributed by atoms with Crippen molar-refractivity contribution in [2.45, 2.75) is 37.7 Å². The molecule has 106 valence electrons. The number of carbonyl (C=O) groups is 1. The first kappa shape index (κ1) is 14.5. The standard InChI is InChI=1S/C13H17N5OS/c1-4-18-13(15-16-17-18)20-10(3)12(19)14-11-7-5-6-9(2)8-11/h5-8,10H,4H2,1-3H3,(H,14,19)/t10-/m0/s1. The number of carbonyl (C=O) groups excluding carboxylic acids is 1. The molecule has 1 aromatic heterocycles. The molecule has 0 radical (unpaired) electrons. The predicted molar refractivity (Wildman–Crippen MR) is 78.6 cm³/mol. The van der Waals surface area contributed by atoms with Crippen LogP contribution in [0.4, 0.5) is 5.69 Å². The number of amides is 1. The Morgan fingerprint density at radius 1 is 1.50 bits per heavy atom. The highest BCUT2D eigenvalue weighted by Gasteiger charge is 2.18. The van der Waals surface area contributed by atoms with Gasteiger partial charge in [-0.15, -0.1) is 5.10 Å². The lowest BCUT2D eigenvalue weighted by molar-refractivity contribution is -0.115. The number of rotatable bonds is 5. The van der Waals surface area contributed by atoms with Gasteiger partial charge in [-0.3, -0.25) is 4.79 Å². The number of anilines is 1. The van der Waals surface area contributed by atoms with Crippen molar-refractivity contribution in [3.8, 4) is 0 Å². The molecule has 0 aliphatic rings. The quantitative estimate of drug-likeness (QED) is 0.854. The summed E-state index contributed by atoms with van der Waals surface area (Å²) in [7, 11) is 0. The summed E-state index contributed by atoms with van der Waals surface area (Å²) in [5, 5.41) is 14.6. The van der Waals surface area contributed by atoms with E-state index in [4.69, 9.17) is 0 Å². The second kappa shape index (κ2) is 6.51. The van der Waals surface area contributed by atoms with Crippen molar-refractivity contribution in [1.82, 2.24) is 20.2 Å². The second-order valence-corrected chi connectivity index (χ2v) is 5.70. The first-order valence-corrected chi connectivity index (χ1v) is 7.28. The molecule has 1 aromatic carbocycles. The molecule has 20 heavy (non-hydrogen) atoms. The van der Waals surface area contributed by atoms with Crippen LogP contribution in [0, 0.1) is 6.92 Å². The van der Waals surface area contributed by atoms with Gasteiger partial charge in [0.1, 0.15) is 0 Å². The largest absolute Gasteiger partial charge is 0.325 e. The summed E-state index contributed by atoms with van der Waals surface area (Å²) in [4.78, 5) is 12.1. The van der Waals surface area contributed by atoms with Crippen LogP contribution in [0.25, 0.3) is 0 Å². The van der Waals surface area contributed by atoms with Crippen molar-refractivity contribution >= 4 is 23.4 Å². The second-order valence-electron chi connectivity index (χ2n) is 4.40. The minimum absolute atomic E-state index is 0.0637. The van der Waals surface area contributed by atoms with Crippen molar-refractivity contribution in [2.75, 3.05) is 5.32 Å². The molecule has 1 atom stereocenters. The summed E-state index contributed by atoms with van der Waals surface area (Å²) in [6.07, 6.45) is 0. The highest BCUT2D eigenvalue weighted by Crippen LogP contribution is 2.21. The number of hydrogen-bond donors (Lipinski definition) is 1. The van der Waals surface area contributed by atoms with Crippen molar-refractivity contribution in [3.63, 3.8) is 0 Å². The van der Waals surface area contributed by atoms with Gasteiger partial charge in [-0.2, -0.15) is 0 Å². The van der Waals surface area contributed by atoms with Gasteiger partial charge in [0.15, 0.2) is 0 Å². The van der Waals surface area contributed by atoms with E-state index in [1.54, 1.807) is 4.68 Å². The Morgan fingerprint density at radius 3 is 3.00 bits per heavy atom. The van der Waals surface area contributed by atoms with Gasteiger partial charge in [0.2, 0.25) is 11.1 Å². The molecule has 0 unspecified atom stereocenters. The van der Waals surface area contributed by atoms with Crippen molar-refractivity contribution in [3.05, 3.63) is 29.8 Å². The van der Waals surface area contributed by atoms with Crippen molar-refractivity contribution in [1.29, 1.82) is 0 Å². The summed E-state index contributed by atoms with van der Waals surface area (Å²) < 4.78 is 1.67. The minimum Gasteiger partial charge on any atom is -0.325 e. The molecule has 0 spiro atoms. The Morgan fingerprint density at radius 2 is 2.30 bits per heavy atom. The summed E-state index contributed by atoms with van der Waals surface area (Å²) in [5.74, 6) is -0.0637. The topological polar surface area (TPSA) is 72.7 Å². The van der Waals surface area contributed by atoms with Gasteiger partial charge in [0, 0.05) is 12.2 Å². The maximum Gasteiger partial charge on any atom is 0.237 e. The number of thioether (sulfide) groups is 1. The van der Waals surface area contributed by atoms with E-state index in [2.05, 4.69) is 20.8 Å². The number of nitrogens with one attached hydrogen (secondary N) is 1. The van der Waals surface area contributed by atoms with E-state index < -0.39 is 0 Å². The SMILES string of the molecule is CCn1nnnc1S[C@@H](C)C(=O)Nc1cccc(C)c1. The summed E-state index contributed by atoms with van der Waals surface area (Å²) >= 11 is 1.35. The zero-order valence-corrected chi connectivity index (χ0v) is 12.5. The monoisotopic (exact) mass is 291 g/mol. The number of hydrogen-bond acceptors (Lipinski definition) is 5. The molecule has 0 saturated carbocycles. The van der Waals surface area contributed by atoms with Crippen LogP contribution in [-0.2, 0) is 11.3 Å². The lowest BCUT2D eigenvalue weighted by Crippen LogP contribution is -2.23. The molecule has 6 nitrogen and oxygen atoms in total. The number of benzene rings is 1. The molecule has 0 aliphatic heterocycles. The molecular formula is C13H17N5OS. The van der Waals surface area contributed by atoms with Crippen LogP contribution in [0.1, 0.15) is 19.4 Å². The zero-order chi connectivity index (χ0) is 14.5. The van der Waals surface area contributed by atoms with E-state index in [0.717, 1.165) is 11.3 Å². The lowest BCUT2D eigenvalue weighted by atomic mass is 10.2. The molecule has 0 bridgehead atoms. The van der Waals surface area contributed by atoms with Gasteiger partial charge in [-0.25, -0.2) is 4.68 Å².